The molecule has 0 aliphatic carbocycles. The highest BCUT2D eigenvalue weighted by molar-refractivity contribution is 6.33. The molecule has 3 rings (SSSR count). The largest absolute Gasteiger partial charge is 0.478 e. The quantitative estimate of drug-likeness (QED) is 0.675. The highest BCUT2D eigenvalue weighted by atomic mass is 35.5. The van der Waals surface area contributed by atoms with Crippen LogP contribution in [-0.2, 0) is 6.18 Å². The van der Waals surface area contributed by atoms with Crippen LogP contribution in [0.5, 0.6) is 0 Å². The van der Waals surface area contributed by atoms with Gasteiger partial charge in [0.1, 0.15) is 0 Å². The molecule has 0 radical (unpaired) electrons. The zero-order valence-electron chi connectivity index (χ0n) is 12.3. The number of benzene rings is 2. The minimum atomic E-state index is -4.51. The predicted molar refractivity (Wildman–Crippen MR) is 84.3 cm³/mol. The molecule has 0 amide bonds. The smallest absolute Gasteiger partial charge is 0.416 e. The lowest BCUT2D eigenvalue weighted by molar-refractivity contribution is -0.137. The first-order chi connectivity index (χ1) is 11.8. The number of aromatic carboxylic acids is 1. The number of hydrogen-bond acceptors (Lipinski definition) is 3. The standard InChI is InChI=1S/C17H9ClF3NO3/c18-13-6-5-11(17(19,20)21)7-12(13)15-22-8-14(25-15)9-1-3-10(4-2-9)16(23)24/h1-8H,(H,23,24). The number of alkyl halides is 3. The molecule has 25 heavy (non-hydrogen) atoms. The molecule has 0 aliphatic heterocycles. The van der Waals surface area contributed by atoms with E-state index in [9.17, 15) is 18.0 Å². The van der Waals surface area contributed by atoms with Gasteiger partial charge in [-0.25, -0.2) is 9.78 Å². The lowest BCUT2D eigenvalue weighted by atomic mass is 10.1. The van der Waals surface area contributed by atoms with Crippen molar-refractivity contribution in [2.45, 2.75) is 6.18 Å². The van der Waals surface area contributed by atoms with E-state index in [1.165, 1.54) is 30.5 Å². The van der Waals surface area contributed by atoms with Crippen LogP contribution >= 0.6 is 11.6 Å². The normalized spacial score (nSPS) is 11.5. The van der Waals surface area contributed by atoms with Crippen LogP contribution in [0.2, 0.25) is 5.02 Å². The second-order valence-corrected chi connectivity index (χ2v) is 5.51. The molecule has 8 heteroatoms. The Labute approximate surface area is 144 Å². The highest BCUT2D eigenvalue weighted by Crippen LogP contribution is 2.36. The Morgan fingerprint density at radius 1 is 1.12 bits per heavy atom. The molecule has 0 atom stereocenters. The van der Waals surface area contributed by atoms with Crippen LogP contribution in [-0.4, -0.2) is 16.1 Å². The van der Waals surface area contributed by atoms with Crippen LogP contribution in [0.25, 0.3) is 22.8 Å². The maximum atomic E-state index is 12.8. The van der Waals surface area contributed by atoms with Crippen molar-refractivity contribution in [3.8, 4) is 22.8 Å². The molecule has 0 unspecified atom stereocenters. The maximum absolute atomic E-state index is 12.8. The van der Waals surface area contributed by atoms with Crippen molar-refractivity contribution in [2.24, 2.45) is 0 Å². The molecule has 4 nitrogen and oxygen atoms in total. The van der Waals surface area contributed by atoms with Crippen molar-refractivity contribution in [1.29, 1.82) is 0 Å². The van der Waals surface area contributed by atoms with Crippen molar-refractivity contribution in [3.63, 3.8) is 0 Å². The molecule has 1 N–H and O–H groups in total. The van der Waals surface area contributed by atoms with Gasteiger partial charge in [0.2, 0.25) is 5.89 Å². The Morgan fingerprint density at radius 3 is 2.40 bits per heavy atom. The minimum Gasteiger partial charge on any atom is -0.478 e. The van der Waals surface area contributed by atoms with Crippen molar-refractivity contribution in [2.75, 3.05) is 0 Å². The zero-order chi connectivity index (χ0) is 18.2. The number of oxazole rings is 1. The molecule has 0 aliphatic rings. The summed E-state index contributed by atoms with van der Waals surface area (Å²) in [6, 6.07) is 8.67. The highest BCUT2D eigenvalue weighted by Gasteiger charge is 2.31. The van der Waals surface area contributed by atoms with E-state index < -0.39 is 17.7 Å². The molecule has 2 aromatic carbocycles. The SMILES string of the molecule is O=C(O)c1ccc(-c2cnc(-c3cc(C(F)(F)F)ccc3Cl)o2)cc1. The third-order valence-electron chi connectivity index (χ3n) is 3.45. The second-order valence-electron chi connectivity index (χ2n) is 5.10. The van der Waals surface area contributed by atoms with E-state index in [2.05, 4.69) is 4.98 Å². The Bertz CT molecular complexity index is 933. The lowest BCUT2D eigenvalue weighted by Crippen LogP contribution is -2.04. The number of hydrogen-bond donors (Lipinski definition) is 1. The topological polar surface area (TPSA) is 63.3 Å². The summed E-state index contributed by atoms with van der Waals surface area (Å²) in [5.74, 6) is -0.852. The van der Waals surface area contributed by atoms with E-state index >= 15 is 0 Å². The molecular formula is C17H9ClF3NO3. The van der Waals surface area contributed by atoms with E-state index in [1.54, 1.807) is 0 Å². The van der Waals surface area contributed by atoms with Gasteiger partial charge in [0.05, 0.1) is 27.9 Å². The molecule has 0 spiro atoms. The van der Waals surface area contributed by atoms with Crippen LogP contribution < -0.4 is 0 Å². The first-order valence-electron chi connectivity index (χ1n) is 6.92. The molecule has 1 heterocycles. The van der Waals surface area contributed by atoms with Gasteiger partial charge >= 0.3 is 12.1 Å². The van der Waals surface area contributed by atoms with E-state index in [4.69, 9.17) is 21.1 Å². The molecule has 0 saturated heterocycles. The van der Waals surface area contributed by atoms with Gasteiger partial charge in [-0.2, -0.15) is 13.2 Å². The molecule has 128 valence electrons. The second kappa shape index (κ2) is 6.25. The number of carboxylic acid groups (broad SMARTS) is 1. The third kappa shape index (κ3) is 3.51. The minimum absolute atomic E-state index is 0.0184. The summed E-state index contributed by atoms with van der Waals surface area (Å²) in [4.78, 5) is 14.8. The summed E-state index contributed by atoms with van der Waals surface area (Å²) in [7, 11) is 0. The van der Waals surface area contributed by atoms with Crippen LogP contribution in [0, 0.1) is 0 Å². The number of aromatic nitrogens is 1. The first kappa shape index (κ1) is 17.0. The average Bonchev–Trinajstić information content (AvgIpc) is 3.04. The van der Waals surface area contributed by atoms with Gasteiger partial charge in [-0.3, -0.25) is 0 Å². The molecular weight excluding hydrogens is 359 g/mol. The monoisotopic (exact) mass is 367 g/mol. The summed E-state index contributed by atoms with van der Waals surface area (Å²) in [5, 5.41) is 8.95. The lowest BCUT2D eigenvalue weighted by Gasteiger charge is -2.08. The zero-order valence-corrected chi connectivity index (χ0v) is 13.1. The number of halogens is 4. The summed E-state index contributed by atoms with van der Waals surface area (Å²) in [5.41, 5.74) is -0.210. The third-order valence-corrected chi connectivity index (χ3v) is 3.78. The number of nitrogens with zero attached hydrogens (tertiary/aromatic N) is 1. The van der Waals surface area contributed by atoms with E-state index in [-0.39, 0.29) is 27.8 Å². The summed E-state index contributed by atoms with van der Waals surface area (Å²) in [6.45, 7) is 0. The average molecular weight is 368 g/mol. The van der Waals surface area contributed by atoms with E-state index in [0.29, 0.717) is 5.56 Å². The molecule has 0 saturated carbocycles. The van der Waals surface area contributed by atoms with Crippen molar-refractivity contribution < 1.29 is 27.5 Å². The van der Waals surface area contributed by atoms with Gasteiger partial charge in [-0.1, -0.05) is 23.7 Å². The van der Waals surface area contributed by atoms with Gasteiger partial charge in [-0.05, 0) is 30.3 Å². The van der Waals surface area contributed by atoms with Crippen LogP contribution in [0.15, 0.2) is 53.1 Å². The van der Waals surface area contributed by atoms with Crippen LogP contribution in [0.1, 0.15) is 15.9 Å². The first-order valence-corrected chi connectivity index (χ1v) is 7.30. The Morgan fingerprint density at radius 2 is 1.80 bits per heavy atom. The van der Waals surface area contributed by atoms with Gasteiger partial charge in [0, 0.05) is 5.56 Å². The van der Waals surface area contributed by atoms with Gasteiger partial charge < -0.3 is 9.52 Å². The number of rotatable bonds is 3. The van der Waals surface area contributed by atoms with Crippen molar-refractivity contribution >= 4 is 17.6 Å². The fraction of sp³-hybridized carbons (Fsp3) is 0.0588. The fourth-order valence-corrected chi connectivity index (χ4v) is 2.37. The molecule has 1 aromatic heterocycles. The number of carbonyl (C=O) groups is 1. The van der Waals surface area contributed by atoms with E-state index in [0.717, 1.165) is 18.2 Å². The summed E-state index contributed by atoms with van der Waals surface area (Å²) in [6.07, 6.45) is -3.18. The Balaban J connectivity index is 1.97. The predicted octanol–water partition coefficient (Wildman–Crippen LogP) is 5.38. The van der Waals surface area contributed by atoms with E-state index in [1.807, 2.05) is 0 Å². The van der Waals surface area contributed by atoms with Gasteiger partial charge in [0.25, 0.3) is 0 Å². The summed E-state index contributed by atoms with van der Waals surface area (Å²) >= 11 is 5.96. The van der Waals surface area contributed by atoms with Crippen LogP contribution in [0.4, 0.5) is 13.2 Å². The van der Waals surface area contributed by atoms with Gasteiger partial charge in [0.15, 0.2) is 5.76 Å². The number of carboxylic acids is 1. The Kier molecular flexibility index (Phi) is 4.26. The van der Waals surface area contributed by atoms with Gasteiger partial charge in [-0.15, -0.1) is 0 Å². The fourth-order valence-electron chi connectivity index (χ4n) is 2.17. The van der Waals surface area contributed by atoms with Crippen molar-refractivity contribution in [3.05, 3.63) is 64.8 Å². The summed E-state index contributed by atoms with van der Waals surface area (Å²) < 4.78 is 44.0. The van der Waals surface area contributed by atoms with Crippen LogP contribution in [0.3, 0.4) is 0 Å². The maximum Gasteiger partial charge on any atom is 0.416 e. The molecule has 3 aromatic rings. The van der Waals surface area contributed by atoms with Crippen molar-refractivity contribution in [1.82, 2.24) is 4.98 Å². The molecule has 0 bridgehead atoms. The molecule has 0 fully saturated rings. The Hall–Kier alpha value is -2.80.